The van der Waals surface area contributed by atoms with Crippen molar-refractivity contribution in [3.8, 4) is 21.7 Å². The number of fused-ring (bicyclic) bond motifs is 4. The monoisotopic (exact) mass is 588 g/mol. The van der Waals surface area contributed by atoms with Gasteiger partial charge in [-0.15, -0.1) is 11.3 Å². The number of hydrogen-bond acceptors (Lipinski definition) is 3. The second kappa shape index (κ2) is 11.2. The Morgan fingerprint density at radius 3 is 2.14 bits per heavy atom. The highest BCUT2D eigenvalue weighted by Gasteiger charge is 2.20. The second-order valence-electron chi connectivity index (χ2n) is 12.9. The number of hydrogen-bond donors (Lipinski definition) is 0. The molecule has 0 aliphatic rings. The Bertz CT molecular complexity index is 2180. The first-order valence-electron chi connectivity index (χ1n) is 15.4. The fourth-order valence-corrected chi connectivity index (χ4v) is 7.01. The molecule has 1 aromatic heterocycles. The van der Waals surface area contributed by atoms with Crippen molar-refractivity contribution in [1.82, 2.24) is 4.98 Å². The van der Waals surface area contributed by atoms with Crippen LogP contribution in [0.5, 0.6) is 0 Å². The lowest BCUT2D eigenvalue weighted by atomic mass is 9.85. The molecule has 0 saturated carbocycles. The Labute approximate surface area is 263 Å². The lowest BCUT2D eigenvalue weighted by Gasteiger charge is -2.20. The van der Waals surface area contributed by atoms with Gasteiger partial charge in [0.05, 0.1) is 15.9 Å². The summed E-state index contributed by atoms with van der Waals surface area (Å²) in [5.74, 6) is 0.500. The maximum atomic E-state index is 5.29. The van der Waals surface area contributed by atoms with Crippen LogP contribution >= 0.6 is 11.3 Å². The van der Waals surface area contributed by atoms with Crippen molar-refractivity contribution in [1.29, 1.82) is 0 Å². The van der Waals surface area contributed by atoms with Crippen molar-refractivity contribution < 1.29 is 0 Å². The number of rotatable bonds is 5. The van der Waals surface area contributed by atoms with Crippen molar-refractivity contribution in [2.75, 3.05) is 0 Å². The van der Waals surface area contributed by atoms with Crippen molar-refractivity contribution in [2.24, 2.45) is 4.99 Å². The molecular formula is C41H36N2S. The molecule has 0 bridgehead atoms. The molecule has 0 aliphatic heterocycles. The fraction of sp³-hybridized carbons (Fsp3) is 0.171. The van der Waals surface area contributed by atoms with Gasteiger partial charge < -0.3 is 0 Å². The summed E-state index contributed by atoms with van der Waals surface area (Å²) < 4.78 is 1.20. The lowest BCUT2D eigenvalue weighted by Crippen LogP contribution is -2.11. The lowest BCUT2D eigenvalue weighted by molar-refractivity contribution is 0.591. The van der Waals surface area contributed by atoms with Crippen LogP contribution in [-0.4, -0.2) is 11.2 Å². The topological polar surface area (TPSA) is 25.2 Å². The molecule has 0 atom stereocenters. The SMILES string of the molecule is CC(C)c1ccc(-c2cc(C(C)(C)C)cc3sc(-c4ccccc4N=Cc4cc5ccccc5c5ccccc45)nc23)cc1. The molecule has 2 nitrogen and oxygen atoms in total. The third kappa shape index (κ3) is 5.22. The average Bonchev–Trinajstić information content (AvgIpc) is 3.47. The summed E-state index contributed by atoms with van der Waals surface area (Å²) in [6.07, 6.45) is 2.01. The minimum Gasteiger partial charge on any atom is -0.256 e. The molecule has 0 aliphatic carbocycles. The van der Waals surface area contributed by atoms with E-state index in [-0.39, 0.29) is 5.41 Å². The molecule has 0 fully saturated rings. The summed E-state index contributed by atoms with van der Waals surface area (Å²) in [6.45, 7) is 11.3. The Morgan fingerprint density at radius 2 is 1.39 bits per heavy atom. The van der Waals surface area contributed by atoms with Gasteiger partial charge in [-0.25, -0.2) is 4.98 Å². The van der Waals surface area contributed by atoms with Crippen LogP contribution in [0.1, 0.15) is 57.2 Å². The Hall–Kier alpha value is -4.60. The number of para-hydroxylation sites is 1. The number of aromatic nitrogens is 1. The minimum absolute atomic E-state index is 0.0236. The largest absolute Gasteiger partial charge is 0.256 e. The normalized spacial score (nSPS) is 12.3. The Balaban J connectivity index is 1.35. The van der Waals surface area contributed by atoms with Gasteiger partial charge in [0.2, 0.25) is 0 Å². The number of benzene rings is 6. The standard InChI is InChI=1S/C41H36N2S/c1-26(2)27-18-20-28(21-19-27)36-23-31(41(3,4)5)24-38-39(36)43-40(44-38)35-16-10-11-17-37(35)42-25-30-22-29-12-6-7-13-32(29)34-15-9-8-14-33(30)34/h6-26H,1-5H3. The highest BCUT2D eigenvalue weighted by molar-refractivity contribution is 7.21. The predicted molar refractivity (Wildman–Crippen MR) is 192 cm³/mol. The first-order valence-corrected chi connectivity index (χ1v) is 16.2. The summed E-state index contributed by atoms with van der Waals surface area (Å²) in [4.78, 5) is 10.4. The van der Waals surface area contributed by atoms with Gasteiger partial charge in [-0.2, -0.15) is 0 Å². The van der Waals surface area contributed by atoms with Gasteiger partial charge in [-0.1, -0.05) is 120 Å². The van der Waals surface area contributed by atoms with E-state index < -0.39 is 0 Å². The summed E-state index contributed by atoms with van der Waals surface area (Å²) in [6, 6.07) is 41.5. The molecule has 0 N–H and O–H groups in total. The minimum atomic E-state index is 0.0236. The highest BCUT2D eigenvalue weighted by Crippen LogP contribution is 2.42. The van der Waals surface area contributed by atoms with Crippen LogP contribution in [0.25, 0.3) is 53.5 Å². The number of aliphatic imine (C=N–C) groups is 1. The molecule has 0 saturated heterocycles. The molecular weight excluding hydrogens is 553 g/mol. The molecule has 7 aromatic rings. The molecule has 3 heteroatoms. The molecule has 0 spiro atoms. The van der Waals surface area contributed by atoms with Crippen LogP contribution < -0.4 is 0 Å². The maximum absolute atomic E-state index is 5.29. The zero-order valence-corrected chi connectivity index (χ0v) is 26.7. The van der Waals surface area contributed by atoms with Gasteiger partial charge >= 0.3 is 0 Å². The molecule has 6 aromatic carbocycles. The van der Waals surface area contributed by atoms with Gasteiger partial charge in [0.15, 0.2) is 0 Å². The zero-order chi connectivity index (χ0) is 30.4. The van der Waals surface area contributed by atoms with Crippen LogP contribution in [0.3, 0.4) is 0 Å². The quantitative estimate of drug-likeness (QED) is 0.145. The van der Waals surface area contributed by atoms with Crippen molar-refractivity contribution in [3.05, 3.63) is 132 Å². The van der Waals surface area contributed by atoms with Gasteiger partial charge in [-0.05, 0) is 79.9 Å². The van der Waals surface area contributed by atoms with Crippen LogP contribution in [0.2, 0.25) is 0 Å². The smallest absolute Gasteiger partial charge is 0.126 e. The van der Waals surface area contributed by atoms with Crippen molar-refractivity contribution in [2.45, 2.75) is 46.0 Å². The first-order chi connectivity index (χ1) is 21.3. The van der Waals surface area contributed by atoms with E-state index in [1.54, 1.807) is 11.3 Å². The molecule has 0 amide bonds. The van der Waals surface area contributed by atoms with Gasteiger partial charge in [0, 0.05) is 22.9 Å². The van der Waals surface area contributed by atoms with Crippen LogP contribution in [-0.2, 0) is 5.41 Å². The van der Waals surface area contributed by atoms with Crippen LogP contribution in [0, 0.1) is 0 Å². The van der Waals surface area contributed by atoms with E-state index in [9.17, 15) is 0 Å². The third-order valence-corrected chi connectivity index (χ3v) is 9.56. The van der Waals surface area contributed by atoms with Gasteiger partial charge in [0.1, 0.15) is 5.01 Å². The Kier molecular flexibility index (Phi) is 7.14. The van der Waals surface area contributed by atoms with Gasteiger partial charge in [0.25, 0.3) is 0 Å². The van der Waals surface area contributed by atoms with E-state index in [0.29, 0.717) is 5.92 Å². The number of nitrogens with zero attached hydrogens (tertiary/aromatic N) is 2. The summed E-state index contributed by atoms with van der Waals surface area (Å²) >= 11 is 1.75. The molecule has 0 radical (unpaired) electrons. The van der Waals surface area contributed by atoms with Crippen LogP contribution in [0.4, 0.5) is 5.69 Å². The summed E-state index contributed by atoms with van der Waals surface area (Å²) in [7, 11) is 0. The summed E-state index contributed by atoms with van der Waals surface area (Å²) in [5, 5.41) is 5.92. The van der Waals surface area contributed by atoms with E-state index in [1.807, 2.05) is 6.21 Å². The molecule has 7 rings (SSSR count). The molecule has 44 heavy (non-hydrogen) atoms. The highest BCUT2D eigenvalue weighted by atomic mass is 32.1. The molecule has 216 valence electrons. The van der Waals surface area contributed by atoms with Gasteiger partial charge in [-0.3, -0.25) is 4.99 Å². The van der Waals surface area contributed by atoms with E-state index in [0.717, 1.165) is 27.3 Å². The van der Waals surface area contributed by atoms with Crippen molar-refractivity contribution >= 4 is 55.0 Å². The van der Waals surface area contributed by atoms with Crippen LogP contribution in [0.15, 0.2) is 120 Å². The average molecular weight is 589 g/mol. The predicted octanol–water partition coefficient (Wildman–Crippen LogP) is 12.1. The Morgan fingerprint density at radius 1 is 0.705 bits per heavy atom. The van der Waals surface area contributed by atoms with E-state index >= 15 is 0 Å². The first kappa shape index (κ1) is 28.2. The number of thiazole rings is 1. The molecule has 0 unspecified atom stereocenters. The summed E-state index contributed by atoms with van der Waals surface area (Å²) in [5.41, 5.74) is 9.21. The van der Waals surface area contributed by atoms with E-state index in [4.69, 9.17) is 9.98 Å². The second-order valence-corrected chi connectivity index (χ2v) is 14.0. The third-order valence-electron chi connectivity index (χ3n) is 8.53. The van der Waals surface area contributed by atoms with E-state index in [2.05, 4.69) is 150 Å². The maximum Gasteiger partial charge on any atom is 0.126 e. The van der Waals surface area contributed by atoms with E-state index in [1.165, 1.54) is 48.5 Å². The zero-order valence-electron chi connectivity index (χ0n) is 25.9. The van der Waals surface area contributed by atoms with Crippen molar-refractivity contribution in [3.63, 3.8) is 0 Å². The fourth-order valence-electron chi connectivity index (χ4n) is 5.94. The molecule has 1 heterocycles.